The summed E-state index contributed by atoms with van der Waals surface area (Å²) in [6.07, 6.45) is 6.39. The monoisotopic (exact) mass is 224 g/mol. The number of nitrogens with two attached hydrogens (primary N) is 1. The van der Waals surface area contributed by atoms with Crippen LogP contribution < -0.4 is 5.73 Å². The first kappa shape index (κ1) is 10.8. The van der Waals surface area contributed by atoms with Crippen LogP contribution in [0.25, 0.3) is 0 Å². The van der Waals surface area contributed by atoms with Gasteiger partial charge >= 0.3 is 0 Å². The van der Waals surface area contributed by atoms with Crippen molar-refractivity contribution in [2.45, 2.75) is 38.1 Å². The topological polar surface area (TPSA) is 56.0 Å². The molecule has 0 saturated heterocycles. The van der Waals surface area contributed by atoms with E-state index in [-0.39, 0.29) is 12.0 Å². The fourth-order valence-electron chi connectivity index (χ4n) is 2.17. The van der Waals surface area contributed by atoms with Crippen molar-refractivity contribution >= 4 is 17.1 Å². The highest BCUT2D eigenvalue weighted by Gasteiger charge is 2.25. The third-order valence-electron chi connectivity index (χ3n) is 3.00. The second-order valence-electron chi connectivity index (χ2n) is 4.23. The molecule has 2 rings (SSSR count). The molecular formula is C11H16N2OS. The Labute approximate surface area is 93.7 Å². The highest BCUT2D eigenvalue weighted by atomic mass is 32.1. The van der Waals surface area contributed by atoms with Crippen LogP contribution in [0.1, 0.15) is 30.6 Å². The van der Waals surface area contributed by atoms with Gasteiger partial charge in [0.2, 0.25) is 0 Å². The number of hydrogen-bond acceptors (Lipinski definition) is 4. The zero-order chi connectivity index (χ0) is 10.7. The van der Waals surface area contributed by atoms with E-state index in [4.69, 9.17) is 5.73 Å². The summed E-state index contributed by atoms with van der Waals surface area (Å²) in [5.74, 6) is 0.533. The molecule has 0 bridgehead atoms. The Morgan fingerprint density at radius 1 is 1.60 bits per heavy atom. The summed E-state index contributed by atoms with van der Waals surface area (Å²) in [5.41, 5.74) is 7.65. The fraction of sp³-hybridized carbons (Fsp3) is 0.636. The number of aromatic nitrogens is 1. The van der Waals surface area contributed by atoms with Crippen LogP contribution in [-0.2, 0) is 11.2 Å². The first-order valence-corrected chi connectivity index (χ1v) is 6.29. The molecule has 2 unspecified atom stereocenters. The van der Waals surface area contributed by atoms with Crippen molar-refractivity contribution in [1.82, 2.24) is 4.98 Å². The number of rotatable bonds is 3. The van der Waals surface area contributed by atoms with Gasteiger partial charge in [0.1, 0.15) is 5.78 Å². The summed E-state index contributed by atoms with van der Waals surface area (Å²) in [5, 5.41) is 0. The minimum atomic E-state index is 0.191. The fourth-order valence-corrected chi connectivity index (χ4v) is 2.77. The lowest BCUT2D eigenvalue weighted by molar-refractivity contribution is -0.123. The number of thiazole rings is 1. The van der Waals surface area contributed by atoms with Gasteiger partial charge in [-0.2, -0.15) is 0 Å². The minimum Gasteiger partial charge on any atom is -0.328 e. The molecule has 2 N–H and O–H groups in total. The smallest absolute Gasteiger partial charge is 0.141 e. The number of Topliss-reactive ketones (excluding diaryl/α,β-unsaturated/α-hetero) is 1. The molecule has 1 fully saturated rings. The third-order valence-corrected chi connectivity index (χ3v) is 3.78. The van der Waals surface area contributed by atoms with Crippen molar-refractivity contribution in [1.29, 1.82) is 0 Å². The average Bonchev–Trinajstić information content (AvgIpc) is 2.70. The molecule has 0 aromatic carbocycles. The highest BCUT2D eigenvalue weighted by Crippen LogP contribution is 2.25. The minimum absolute atomic E-state index is 0.191. The zero-order valence-corrected chi connectivity index (χ0v) is 9.50. The van der Waals surface area contributed by atoms with Crippen molar-refractivity contribution in [2.75, 3.05) is 0 Å². The number of nitrogens with zero attached hydrogens (tertiary/aromatic N) is 1. The molecule has 1 saturated carbocycles. The Morgan fingerprint density at radius 3 is 3.13 bits per heavy atom. The standard InChI is InChI=1S/C11H16N2OS/c12-9-3-1-2-8(4-9)11(14)5-10-6-13-7-15-10/h6-9H,1-5,12H2. The highest BCUT2D eigenvalue weighted by molar-refractivity contribution is 7.09. The summed E-state index contributed by atoms with van der Waals surface area (Å²) < 4.78 is 0. The predicted octanol–water partition coefficient (Wildman–Crippen LogP) is 1.77. The van der Waals surface area contributed by atoms with Gasteiger partial charge in [-0.05, 0) is 19.3 Å². The lowest BCUT2D eigenvalue weighted by Gasteiger charge is -2.25. The average molecular weight is 224 g/mol. The predicted molar refractivity (Wildman–Crippen MR) is 60.8 cm³/mol. The van der Waals surface area contributed by atoms with E-state index in [1.54, 1.807) is 23.0 Å². The molecule has 1 aliphatic carbocycles. The van der Waals surface area contributed by atoms with Crippen LogP contribution in [-0.4, -0.2) is 16.8 Å². The van der Waals surface area contributed by atoms with E-state index in [1.807, 2.05) is 0 Å². The summed E-state index contributed by atoms with van der Waals surface area (Å²) in [4.78, 5) is 17.0. The Morgan fingerprint density at radius 2 is 2.47 bits per heavy atom. The third kappa shape index (κ3) is 2.86. The molecule has 15 heavy (non-hydrogen) atoms. The van der Waals surface area contributed by atoms with Crippen LogP contribution in [0.2, 0.25) is 0 Å². The van der Waals surface area contributed by atoms with Crippen LogP contribution in [0, 0.1) is 5.92 Å². The normalized spacial score (nSPS) is 26.5. The van der Waals surface area contributed by atoms with E-state index in [0.29, 0.717) is 12.2 Å². The molecule has 2 atom stereocenters. The number of carbonyl (C=O) groups excluding carboxylic acids is 1. The Hall–Kier alpha value is -0.740. The molecule has 0 amide bonds. The molecule has 1 aromatic heterocycles. The Bertz CT molecular complexity index is 323. The number of hydrogen-bond donors (Lipinski definition) is 1. The van der Waals surface area contributed by atoms with Gasteiger partial charge in [0.05, 0.1) is 5.51 Å². The van der Waals surface area contributed by atoms with Crippen LogP contribution in [0.3, 0.4) is 0 Å². The van der Waals surface area contributed by atoms with E-state index in [1.165, 1.54) is 0 Å². The Balaban J connectivity index is 1.90. The molecule has 1 heterocycles. The van der Waals surface area contributed by atoms with E-state index in [2.05, 4.69) is 4.98 Å². The molecular weight excluding hydrogens is 208 g/mol. The van der Waals surface area contributed by atoms with E-state index in [9.17, 15) is 4.79 Å². The molecule has 0 spiro atoms. The van der Waals surface area contributed by atoms with Crippen LogP contribution in [0.5, 0.6) is 0 Å². The summed E-state index contributed by atoms with van der Waals surface area (Å²) in [6, 6.07) is 0.231. The van der Waals surface area contributed by atoms with Gasteiger partial charge < -0.3 is 5.73 Å². The molecule has 82 valence electrons. The van der Waals surface area contributed by atoms with Gasteiger partial charge in [-0.1, -0.05) is 6.42 Å². The summed E-state index contributed by atoms with van der Waals surface area (Å²) in [7, 11) is 0. The van der Waals surface area contributed by atoms with Crippen molar-refractivity contribution in [2.24, 2.45) is 11.7 Å². The van der Waals surface area contributed by atoms with Crippen molar-refractivity contribution in [3.63, 3.8) is 0 Å². The van der Waals surface area contributed by atoms with E-state index in [0.717, 1.165) is 30.6 Å². The maximum absolute atomic E-state index is 11.9. The van der Waals surface area contributed by atoms with Crippen molar-refractivity contribution in [3.8, 4) is 0 Å². The molecule has 1 aromatic rings. The van der Waals surface area contributed by atoms with Gasteiger partial charge in [-0.3, -0.25) is 9.78 Å². The maximum atomic E-state index is 11.9. The maximum Gasteiger partial charge on any atom is 0.141 e. The van der Waals surface area contributed by atoms with Crippen LogP contribution >= 0.6 is 11.3 Å². The zero-order valence-electron chi connectivity index (χ0n) is 8.69. The van der Waals surface area contributed by atoms with Gasteiger partial charge in [0, 0.05) is 29.5 Å². The quantitative estimate of drug-likeness (QED) is 0.851. The second kappa shape index (κ2) is 4.86. The second-order valence-corrected chi connectivity index (χ2v) is 5.21. The first-order valence-electron chi connectivity index (χ1n) is 5.41. The number of carbonyl (C=O) groups is 1. The summed E-state index contributed by atoms with van der Waals surface area (Å²) >= 11 is 1.55. The molecule has 3 nitrogen and oxygen atoms in total. The lowest BCUT2D eigenvalue weighted by Crippen LogP contribution is -2.32. The molecule has 4 heteroatoms. The summed E-state index contributed by atoms with van der Waals surface area (Å²) in [6.45, 7) is 0. The van der Waals surface area contributed by atoms with Crippen molar-refractivity contribution < 1.29 is 4.79 Å². The molecule has 0 radical (unpaired) electrons. The Kier molecular flexibility index (Phi) is 3.49. The number of ketones is 1. The largest absolute Gasteiger partial charge is 0.328 e. The molecule has 0 aliphatic heterocycles. The molecule has 1 aliphatic rings. The van der Waals surface area contributed by atoms with Crippen LogP contribution in [0.4, 0.5) is 0 Å². The van der Waals surface area contributed by atoms with Crippen molar-refractivity contribution in [3.05, 3.63) is 16.6 Å². The first-order chi connectivity index (χ1) is 7.25. The van der Waals surface area contributed by atoms with E-state index >= 15 is 0 Å². The SMILES string of the molecule is NC1CCCC(C(=O)Cc2cncs2)C1. The van der Waals surface area contributed by atoms with E-state index < -0.39 is 0 Å². The van der Waals surface area contributed by atoms with Crippen LogP contribution in [0.15, 0.2) is 11.7 Å². The van der Waals surface area contributed by atoms with Gasteiger partial charge in [-0.15, -0.1) is 11.3 Å². The lowest BCUT2D eigenvalue weighted by atomic mass is 9.82. The van der Waals surface area contributed by atoms with Gasteiger partial charge in [0.15, 0.2) is 0 Å². The van der Waals surface area contributed by atoms with Gasteiger partial charge in [-0.25, -0.2) is 0 Å². The van der Waals surface area contributed by atoms with Gasteiger partial charge in [0.25, 0.3) is 0 Å².